The lowest BCUT2D eigenvalue weighted by Gasteiger charge is -2.14. The van der Waals surface area contributed by atoms with Crippen molar-refractivity contribution in [1.29, 1.82) is 0 Å². The van der Waals surface area contributed by atoms with Crippen molar-refractivity contribution in [1.82, 2.24) is 4.90 Å². The van der Waals surface area contributed by atoms with E-state index in [0.717, 1.165) is 16.7 Å². The fourth-order valence-electron chi connectivity index (χ4n) is 2.80. The molecule has 5 nitrogen and oxygen atoms in total. The van der Waals surface area contributed by atoms with E-state index in [1.165, 1.54) is 6.07 Å². The number of nitrogens with zero attached hydrogens (tertiary/aromatic N) is 1. The van der Waals surface area contributed by atoms with Crippen LogP contribution in [0.4, 0.5) is 9.18 Å². The van der Waals surface area contributed by atoms with Gasteiger partial charge in [0.2, 0.25) is 0 Å². The third kappa shape index (κ3) is 4.82. The number of amides is 2. The van der Waals surface area contributed by atoms with Crippen LogP contribution in [0.1, 0.15) is 25.0 Å². The summed E-state index contributed by atoms with van der Waals surface area (Å²) in [7, 11) is 0. The van der Waals surface area contributed by atoms with Gasteiger partial charge in [-0.05, 0) is 71.4 Å². The molecule has 2 amide bonds. The highest BCUT2D eigenvalue weighted by Crippen LogP contribution is 2.39. The molecule has 0 bridgehead atoms. The first kappa shape index (κ1) is 21.4. The lowest BCUT2D eigenvalue weighted by molar-refractivity contribution is -0.123. The van der Waals surface area contributed by atoms with E-state index in [4.69, 9.17) is 9.47 Å². The van der Waals surface area contributed by atoms with Crippen LogP contribution in [-0.4, -0.2) is 29.3 Å². The molecule has 1 heterocycles. The lowest BCUT2D eigenvalue weighted by Crippen LogP contribution is -2.27. The molecule has 152 valence electrons. The summed E-state index contributed by atoms with van der Waals surface area (Å²) in [4.78, 5) is 26.4. The molecule has 3 rings (SSSR count). The number of rotatable bonds is 7. The molecule has 0 N–H and O–H groups in total. The van der Waals surface area contributed by atoms with E-state index >= 15 is 0 Å². The summed E-state index contributed by atoms with van der Waals surface area (Å²) >= 11 is 4.29. The summed E-state index contributed by atoms with van der Waals surface area (Å²) in [5.41, 5.74) is 0.971. The summed E-state index contributed by atoms with van der Waals surface area (Å²) in [6, 6.07) is 9.63. The molecule has 0 atom stereocenters. The first-order valence-electron chi connectivity index (χ1n) is 9.02. The van der Waals surface area contributed by atoms with Crippen molar-refractivity contribution < 1.29 is 23.5 Å². The molecule has 0 aromatic heterocycles. The van der Waals surface area contributed by atoms with E-state index in [1.54, 1.807) is 36.4 Å². The Balaban J connectivity index is 1.88. The van der Waals surface area contributed by atoms with Crippen molar-refractivity contribution >= 4 is 44.9 Å². The normalized spacial score (nSPS) is 15.3. The van der Waals surface area contributed by atoms with Crippen LogP contribution >= 0.6 is 27.7 Å². The van der Waals surface area contributed by atoms with Crippen molar-refractivity contribution in [3.05, 3.63) is 62.7 Å². The summed E-state index contributed by atoms with van der Waals surface area (Å²) in [6.45, 7) is 4.57. The Morgan fingerprint density at radius 3 is 2.55 bits per heavy atom. The van der Waals surface area contributed by atoms with Crippen LogP contribution < -0.4 is 9.47 Å². The summed E-state index contributed by atoms with van der Waals surface area (Å²) < 4.78 is 25.8. The summed E-state index contributed by atoms with van der Waals surface area (Å²) in [5, 5.41) is -0.431. The number of imide groups is 1. The van der Waals surface area contributed by atoms with Crippen molar-refractivity contribution in [3.8, 4) is 11.5 Å². The number of thioether (sulfide) groups is 1. The molecule has 2 aromatic rings. The van der Waals surface area contributed by atoms with Gasteiger partial charge in [0.25, 0.3) is 11.1 Å². The second-order valence-corrected chi connectivity index (χ2v) is 7.90. The Kier molecular flexibility index (Phi) is 6.97. The largest absolute Gasteiger partial charge is 0.490 e. The van der Waals surface area contributed by atoms with Crippen LogP contribution in [-0.2, 0) is 11.3 Å². The van der Waals surface area contributed by atoms with Crippen LogP contribution in [0, 0.1) is 5.82 Å². The molecule has 1 fully saturated rings. The SMILES string of the molecule is CCOc1cc(/C=C2/SC(=O)N(Cc3ccccc3F)C2=O)cc(Br)c1OCC. The minimum atomic E-state index is -0.453. The first-order valence-corrected chi connectivity index (χ1v) is 10.6. The lowest BCUT2D eigenvalue weighted by atomic mass is 10.1. The number of ether oxygens (including phenoxy) is 2. The monoisotopic (exact) mass is 479 g/mol. The molecule has 0 spiro atoms. The zero-order valence-corrected chi connectivity index (χ0v) is 18.3. The summed E-state index contributed by atoms with van der Waals surface area (Å²) in [6.07, 6.45) is 1.62. The topological polar surface area (TPSA) is 55.8 Å². The van der Waals surface area contributed by atoms with Gasteiger partial charge in [-0.2, -0.15) is 0 Å². The number of halogens is 2. The van der Waals surface area contributed by atoms with E-state index in [0.29, 0.717) is 40.3 Å². The molecule has 1 aliphatic heterocycles. The van der Waals surface area contributed by atoms with Crippen LogP contribution in [0.25, 0.3) is 6.08 Å². The van der Waals surface area contributed by atoms with Gasteiger partial charge < -0.3 is 9.47 Å². The van der Waals surface area contributed by atoms with E-state index in [2.05, 4.69) is 15.9 Å². The predicted octanol–water partition coefficient (Wildman–Crippen LogP) is 5.62. The second-order valence-electron chi connectivity index (χ2n) is 6.06. The predicted molar refractivity (Wildman–Crippen MR) is 114 cm³/mol. The molecule has 0 saturated carbocycles. The van der Waals surface area contributed by atoms with Gasteiger partial charge in [-0.1, -0.05) is 18.2 Å². The maximum atomic E-state index is 13.9. The van der Waals surface area contributed by atoms with Crippen molar-refractivity contribution in [2.24, 2.45) is 0 Å². The van der Waals surface area contributed by atoms with Gasteiger partial charge in [0, 0.05) is 5.56 Å². The Bertz CT molecular complexity index is 979. The molecule has 2 aromatic carbocycles. The van der Waals surface area contributed by atoms with E-state index in [-0.39, 0.29) is 11.4 Å². The fraction of sp³-hybridized carbons (Fsp3) is 0.238. The van der Waals surface area contributed by atoms with Gasteiger partial charge in [-0.25, -0.2) is 4.39 Å². The van der Waals surface area contributed by atoms with Crippen molar-refractivity contribution in [2.75, 3.05) is 13.2 Å². The third-order valence-electron chi connectivity index (χ3n) is 4.08. The summed E-state index contributed by atoms with van der Waals surface area (Å²) in [5.74, 6) is 0.221. The van der Waals surface area contributed by atoms with E-state index < -0.39 is 17.0 Å². The van der Waals surface area contributed by atoms with Crippen LogP contribution in [0.15, 0.2) is 45.8 Å². The number of benzene rings is 2. The van der Waals surface area contributed by atoms with Crippen molar-refractivity contribution in [3.63, 3.8) is 0 Å². The fourth-order valence-corrected chi connectivity index (χ4v) is 4.22. The number of carbonyl (C=O) groups is 2. The minimum Gasteiger partial charge on any atom is -0.490 e. The molecule has 29 heavy (non-hydrogen) atoms. The molecule has 0 aliphatic carbocycles. The van der Waals surface area contributed by atoms with Gasteiger partial charge in [-0.15, -0.1) is 0 Å². The van der Waals surface area contributed by atoms with Gasteiger partial charge in [-0.3, -0.25) is 14.5 Å². The maximum absolute atomic E-state index is 13.9. The standard InChI is InChI=1S/C21H19BrFNO4S/c1-3-27-17-10-13(9-15(22)19(17)28-4-2)11-18-20(25)24(21(26)29-18)12-14-7-5-6-8-16(14)23/h5-11H,3-4,12H2,1-2H3/b18-11+. The third-order valence-corrected chi connectivity index (χ3v) is 5.57. The minimum absolute atomic E-state index is 0.105. The van der Waals surface area contributed by atoms with Gasteiger partial charge in [0.1, 0.15) is 5.82 Å². The first-order chi connectivity index (χ1) is 13.9. The van der Waals surface area contributed by atoms with Gasteiger partial charge >= 0.3 is 0 Å². The van der Waals surface area contributed by atoms with Crippen LogP contribution in [0.5, 0.6) is 11.5 Å². The zero-order chi connectivity index (χ0) is 21.0. The van der Waals surface area contributed by atoms with Crippen LogP contribution in [0.3, 0.4) is 0 Å². The van der Waals surface area contributed by atoms with E-state index in [9.17, 15) is 14.0 Å². The average Bonchev–Trinajstić information content (AvgIpc) is 2.94. The van der Waals surface area contributed by atoms with Gasteiger partial charge in [0.15, 0.2) is 11.5 Å². The number of carbonyl (C=O) groups excluding carboxylic acids is 2. The van der Waals surface area contributed by atoms with Gasteiger partial charge in [0.05, 0.1) is 29.1 Å². The molecular weight excluding hydrogens is 461 g/mol. The molecule has 0 radical (unpaired) electrons. The Labute approximate surface area is 181 Å². The zero-order valence-electron chi connectivity index (χ0n) is 15.9. The molecule has 8 heteroatoms. The molecule has 0 unspecified atom stereocenters. The molecular formula is C21H19BrFNO4S. The second kappa shape index (κ2) is 9.45. The highest BCUT2D eigenvalue weighted by Gasteiger charge is 2.35. The Morgan fingerprint density at radius 2 is 1.86 bits per heavy atom. The maximum Gasteiger partial charge on any atom is 0.293 e. The number of hydrogen-bond acceptors (Lipinski definition) is 5. The molecule has 1 saturated heterocycles. The quantitative estimate of drug-likeness (QED) is 0.482. The van der Waals surface area contributed by atoms with E-state index in [1.807, 2.05) is 13.8 Å². The smallest absolute Gasteiger partial charge is 0.293 e. The van der Waals surface area contributed by atoms with Crippen LogP contribution in [0.2, 0.25) is 0 Å². The Hall–Kier alpha value is -2.32. The Morgan fingerprint density at radius 1 is 1.14 bits per heavy atom. The molecule has 1 aliphatic rings. The number of hydrogen-bond donors (Lipinski definition) is 0. The highest BCUT2D eigenvalue weighted by molar-refractivity contribution is 9.10. The average molecular weight is 480 g/mol. The van der Waals surface area contributed by atoms with Crippen molar-refractivity contribution in [2.45, 2.75) is 20.4 Å². The highest BCUT2D eigenvalue weighted by atomic mass is 79.9.